The number of aromatic hydroxyl groups is 2. The number of carbonyl (C=O) groups excluding carboxylic acids is 1. The number of allylic oxidation sites excluding steroid dienone is 6. The van der Waals surface area contributed by atoms with Gasteiger partial charge in [0.15, 0.2) is 5.78 Å². The molecule has 3 rings (SSSR count). The number of hydrogen-bond acceptors (Lipinski definition) is 4. The zero-order valence-electron chi connectivity index (χ0n) is 21.2. The van der Waals surface area contributed by atoms with Crippen molar-refractivity contribution in [1.29, 1.82) is 0 Å². The maximum atomic E-state index is 13.4. The molecule has 0 spiro atoms. The van der Waals surface area contributed by atoms with E-state index in [1.54, 1.807) is 0 Å². The van der Waals surface area contributed by atoms with E-state index in [9.17, 15) is 15.0 Å². The normalized spacial score (nSPS) is 14.6. The summed E-state index contributed by atoms with van der Waals surface area (Å²) in [7, 11) is 0. The highest BCUT2D eigenvalue weighted by molar-refractivity contribution is 6.04. The molecule has 1 aliphatic rings. The first-order chi connectivity index (χ1) is 16.1. The van der Waals surface area contributed by atoms with Gasteiger partial charge in [-0.3, -0.25) is 4.79 Å². The maximum Gasteiger partial charge on any atom is 0.174 e. The van der Waals surface area contributed by atoms with Gasteiger partial charge in [0.2, 0.25) is 0 Å². The van der Waals surface area contributed by atoms with Crippen molar-refractivity contribution in [3.63, 3.8) is 0 Å². The SMILES string of the molecule is CC(C)=CCc1ccccc1C1CC(=O)c2c(O)c(CC=C(C)C)c(O)c(CC=C(C)C)c2O1. The van der Waals surface area contributed by atoms with Gasteiger partial charge in [-0.05, 0) is 71.9 Å². The average molecular weight is 461 g/mol. The van der Waals surface area contributed by atoms with Crippen LogP contribution in [0.5, 0.6) is 17.2 Å². The van der Waals surface area contributed by atoms with Crippen LogP contribution in [-0.4, -0.2) is 16.0 Å². The lowest BCUT2D eigenvalue weighted by Crippen LogP contribution is -2.23. The topological polar surface area (TPSA) is 66.8 Å². The molecule has 1 atom stereocenters. The largest absolute Gasteiger partial charge is 0.507 e. The molecule has 1 heterocycles. The minimum atomic E-state index is -0.477. The molecule has 2 aromatic rings. The number of hydrogen-bond donors (Lipinski definition) is 2. The molecule has 2 aromatic carbocycles. The molecule has 0 aliphatic carbocycles. The molecule has 1 unspecified atom stereocenters. The molecule has 4 nitrogen and oxygen atoms in total. The summed E-state index contributed by atoms with van der Waals surface area (Å²) in [6.07, 6.45) is 7.26. The van der Waals surface area contributed by atoms with Crippen LogP contribution in [-0.2, 0) is 19.3 Å². The molecule has 0 saturated carbocycles. The number of ether oxygens (including phenoxy) is 1. The number of fused-ring (bicyclic) bond motifs is 1. The van der Waals surface area contributed by atoms with Crippen molar-refractivity contribution in [2.75, 3.05) is 0 Å². The van der Waals surface area contributed by atoms with E-state index in [0.717, 1.165) is 28.7 Å². The molecule has 0 amide bonds. The lowest BCUT2D eigenvalue weighted by Gasteiger charge is -2.30. The Balaban J connectivity index is 2.15. The van der Waals surface area contributed by atoms with Crippen LogP contribution in [0.1, 0.15) is 86.7 Å². The van der Waals surface area contributed by atoms with E-state index < -0.39 is 6.10 Å². The lowest BCUT2D eigenvalue weighted by atomic mass is 9.87. The van der Waals surface area contributed by atoms with Crippen LogP contribution in [0.25, 0.3) is 0 Å². The Morgan fingerprint density at radius 2 is 1.41 bits per heavy atom. The van der Waals surface area contributed by atoms with Crippen LogP contribution < -0.4 is 4.74 Å². The van der Waals surface area contributed by atoms with Crippen LogP contribution in [0, 0.1) is 0 Å². The molecule has 34 heavy (non-hydrogen) atoms. The van der Waals surface area contributed by atoms with Gasteiger partial charge in [0.05, 0.1) is 6.42 Å². The Hall–Kier alpha value is -3.27. The highest BCUT2D eigenvalue weighted by atomic mass is 16.5. The molecule has 1 aliphatic heterocycles. The average Bonchev–Trinajstić information content (AvgIpc) is 2.76. The van der Waals surface area contributed by atoms with Gasteiger partial charge < -0.3 is 14.9 Å². The zero-order chi connectivity index (χ0) is 25.0. The summed E-state index contributed by atoms with van der Waals surface area (Å²) in [4.78, 5) is 13.4. The number of ketones is 1. The molecule has 0 fully saturated rings. The Morgan fingerprint density at radius 1 is 0.853 bits per heavy atom. The molecule has 2 N–H and O–H groups in total. The fourth-order valence-corrected chi connectivity index (χ4v) is 4.17. The van der Waals surface area contributed by atoms with E-state index in [-0.39, 0.29) is 29.3 Å². The minimum absolute atomic E-state index is 0.00229. The minimum Gasteiger partial charge on any atom is -0.507 e. The zero-order valence-corrected chi connectivity index (χ0v) is 21.2. The maximum absolute atomic E-state index is 13.4. The number of Topliss-reactive ketones (excluding diaryl/α,β-unsaturated/α-hetero) is 1. The Bertz CT molecular complexity index is 1170. The Labute approximate surface area is 203 Å². The van der Waals surface area contributed by atoms with Gasteiger partial charge in [-0.15, -0.1) is 0 Å². The van der Waals surface area contributed by atoms with Crippen molar-refractivity contribution in [3.8, 4) is 17.2 Å². The third-order valence-corrected chi connectivity index (χ3v) is 6.07. The van der Waals surface area contributed by atoms with Crippen LogP contribution in [0.4, 0.5) is 0 Å². The summed E-state index contributed by atoms with van der Waals surface area (Å²) in [6.45, 7) is 12.0. The van der Waals surface area contributed by atoms with Gasteiger partial charge in [-0.1, -0.05) is 59.2 Å². The number of benzene rings is 2. The van der Waals surface area contributed by atoms with Crippen molar-refractivity contribution in [1.82, 2.24) is 0 Å². The summed E-state index contributed by atoms with van der Waals surface area (Å²) < 4.78 is 6.44. The number of phenolic OH excluding ortho intramolecular Hbond substituents is 2. The van der Waals surface area contributed by atoms with E-state index in [4.69, 9.17) is 4.74 Å². The fraction of sp³-hybridized carbons (Fsp3) is 0.367. The van der Waals surface area contributed by atoms with Crippen molar-refractivity contribution >= 4 is 5.78 Å². The fourth-order valence-electron chi connectivity index (χ4n) is 4.17. The quantitative estimate of drug-likeness (QED) is 0.425. The Kier molecular flexibility index (Phi) is 8.03. The van der Waals surface area contributed by atoms with Crippen molar-refractivity contribution in [2.24, 2.45) is 0 Å². The predicted molar refractivity (Wildman–Crippen MR) is 138 cm³/mol. The van der Waals surface area contributed by atoms with Crippen molar-refractivity contribution in [2.45, 2.75) is 73.3 Å². The number of carbonyl (C=O) groups is 1. The molecule has 0 bridgehead atoms. The van der Waals surface area contributed by atoms with Crippen LogP contribution in [0.3, 0.4) is 0 Å². The Morgan fingerprint density at radius 3 is 2.03 bits per heavy atom. The third-order valence-electron chi connectivity index (χ3n) is 6.07. The first kappa shape index (κ1) is 25.4. The first-order valence-electron chi connectivity index (χ1n) is 11.9. The summed E-state index contributed by atoms with van der Waals surface area (Å²) in [5, 5.41) is 22.2. The lowest BCUT2D eigenvalue weighted by molar-refractivity contribution is 0.0841. The number of rotatable bonds is 7. The van der Waals surface area contributed by atoms with Crippen LogP contribution in [0.15, 0.2) is 59.2 Å². The predicted octanol–water partition coefficient (Wildman–Crippen LogP) is 7.33. The molecular formula is C30H36O4. The second kappa shape index (κ2) is 10.8. The molecule has 180 valence electrons. The number of phenols is 2. The van der Waals surface area contributed by atoms with Gasteiger partial charge in [0, 0.05) is 11.1 Å². The monoisotopic (exact) mass is 460 g/mol. The first-order valence-corrected chi connectivity index (χ1v) is 11.9. The standard InChI is InChI=1S/C30H36O4/c1-18(2)11-14-21-9-7-8-10-22(21)26-17-25(31)27-29(33)23(15-12-19(3)4)28(32)24(30(27)34-26)16-13-20(5)6/h7-13,26,32-33H,14-17H2,1-6H3. The van der Waals surface area contributed by atoms with Gasteiger partial charge >= 0.3 is 0 Å². The molecule has 0 aromatic heterocycles. The second-order valence-electron chi connectivity index (χ2n) is 9.75. The van der Waals surface area contributed by atoms with Gasteiger partial charge in [-0.2, -0.15) is 0 Å². The van der Waals surface area contributed by atoms with E-state index >= 15 is 0 Å². The summed E-state index contributed by atoms with van der Waals surface area (Å²) >= 11 is 0. The smallest absolute Gasteiger partial charge is 0.174 e. The second-order valence-corrected chi connectivity index (χ2v) is 9.75. The van der Waals surface area contributed by atoms with Crippen molar-refractivity contribution < 1.29 is 19.7 Å². The molecule has 4 heteroatoms. The van der Waals surface area contributed by atoms with E-state index in [0.29, 0.717) is 29.7 Å². The van der Waals surface area contributed by atoms with Gasteiger partial charge in [0.1, 0.15) is 28.9 Å². The van der Waals surface area contributed by atoms with E-state index in [1.165, 1.54) is 5.57 Å². The highest BCUT2D eigenvalue weighted by Gasteiger charge is 2.36. The molecule has 0 saturated heterocycles. The highest BCUT2D eigenvalue weighted by Crippen LogP contribution is 2.49. The molecular weight excluding hydrogens is 424 g/mol. The van der Waals surface area contributed by atoms with Crippen LogP contribution in [0.2, 0.25) is 0 Å². The van der Waals surface area contributed by atoms with Crippen molar-refractivity contribution in [3.05, 3.63) is 87.0 Å². The molecule has 0 radical (unpaired) electrons. The summed E-state index contributed by atoms with van der Waals surface area (Å²) in [5.41, 5.74) is 6.55. The van der Waals surface area contributed by atoms with E-state index in [2.05, 4.69) is 26.0 Å². The third kappa shape index (κ3) is 5.61. The van der Waals surface area contributed by atoms with Gasteiger partial charge in [-0.25, -0.2) is 0 Å². The van der Waals surface area contributed by atoms with Crippen LogP contribution >= 0.6 is 0 Å². The summed E-state index contributed by atoms with van der Waals surface area (Å²) in [5.74, 6) is -0.0471. The van der Waals surface area contributed by atoms with E-state index in [1.807, 2.05) is 58.0 Å². The van der Waals surface area contributed by atoms with Gasteiger partial charge in [0.25, 0.3) is 0 Å². The summed E-state index contributed by atoms with van der Waals surface area (Å²) in [6, 6.07) is 7.99.